The van der Waals surface area contributed by atoms with Crippen molar-refractivity contribution in [3.63, 3.8) is 0 Å². The van der Waals surface area contributed by atoms with E-state index in [1.165, 1.54) is 5.56 Å². The molecule has 22 heavy (non-hydrogen) atoms. The van der Waals surface area contributed by atoms with E-state index < -0.39 is 0 Å². The molecule has 0 bridgehead atoms. The zero-order chi connectivity index (χ0) is 15.8. The number of hydrogen-bond donors (Lipinski definition) is 1. The van der Waals surface area contributed by atoms with Crippen molar-refractivity contribution < 1.29 is 14.6 Å². The van der Waals surface area contributed by atoms with Crippen LogP contribution in [0.5, 0.6) is 5.75 Å². The Morgan fingerprint density at radius 1 is 1.23 bits per heavy atom. The topological polar surface area (TPSA) is 49.8 Å². The first-order valence-electron chi connectivity index (χ1n) is 8.24. The van der Waals surface area contributed by atoms with Crippen molar-refractivity contribution in [1.29, 1.82) is 0 Å². The number of hydrogen-bond acceptors (Lipinski definition) is 3. The van der Waals surface area contributed by atoms with Gasteiger partial charge in [0.1, 0.15) is 5.75 Å². The second-order valence-electron chi connectivity index (χ2n) is 6.06. The minimum absolute atomic E-state index is 0.254. The van der Waals surface area contributed by atoms with Crippen LogP contribution in [0.3, 0.4) is 0 Å². The summed E-state index contributed by atoms with van der Waals surface area (Å²) < 4.78 is 5.14. The van der Waals surface area contributed by atoms with Gasteiger partial charge in [-0.25, -0.2) is 0 Å². The first kappa shape index (κ1) is 16.8. The summed E-state index contributed by atoms with van der Waals surface area (Å²) in [6, 6.07) is 8.12. The molecule has 0 saturated carbocycles. The summed E-state index contributed by atoms with van der Waals surface area (Å²) in [6.45, 7) is 1.87. The quantitative estimate of drug-likeness (QED) is 0.788. The second kappa shape index (κ2) is 8.79. The smallest absolute Gasteiger partial charge is 0.222 e. The predicted molar refractivity (Wildman–Crippen MR) is 86.9 cm³/mol. The van der Waals surface area contributed by atoms with Crippen LogP contribution in [0.25, 0.3) is 0 Å². The van der Waals surface area contributed by atoms with Gasteiger partial charge in [-0.15, -0.1) is 0 Å². The zero-order valence-corrected chi connectivity index (χ0v) is 13.5. The molecule has 4 nitrogen and oxygen atoms in total. The Kier molecular flexibility index (Phi) is 6.72. The molecular weight excluding hydrogens is 278 g/mol. The largest absolute Gasteiger partial charge is 0.497 e. The van der Waals surface area contributed by atoms with E-state index in [4.69, 9.17) is 9.84 Å². The molecule has 1 aromatic rings. The van der Waals surface area contributed by atoms with E-state index in [1.54, 1.807) is 7.11 Å². The minimum Gasteiger partial charge on any atom is -0.497 e. The number of piperidine rings is 1. The highest BCUT2D eigenvalue weighted by Crippen LogP contribution is 2.18. The lowest BCUT2D eigenvalue weighted by molar-refractivity contribution is -0.132. The summed E-state index contributed by atoms with van der Waals surface area (Å²) >= 11 is 0. The molecule has 0 aromatic heterocycles. The summed E-state index contributed by atoms with van der Waals surface area (Å²) in [5.74, 6) is 1.54. The van der Waals surface area contributed by atoms with Crippen LogP contribution < -0.4 is 4.74 Å². The number of likely N-dealkylation sites (tertiary alicyclic amines) is 1. The summed E-state index contributed by atoms with van der Waals surface area (Å²) in [5, 5.41) is 9.12. The molecule has 1 amide bonds. The molecule has 4 heteroatoms. The lowest BCUT2D eigenvalue weighted by Crippen LogP contribution is -2.39. The van der Waals surface area contributed by atoms with E-state index in [1.807, 2.05) is 17.0 Å². The van der Waals surface area contributed by atoms with Gasteiger partial charge >= 0.3 is 0 Å². The van der Waals surface area contributed by atoms with E-state index in [9.17, 15) is 4.79 Å². The summed E-state index contributed by atoms with van der Waals surface area (Å²) in [4.78, 5) is 14.1. The molecule has 0 atom stereocenters. The van der Waals surface area contributed by atoms with Gasteiger partial charge in [-0.05, 0) is 55.7 Å². The van der Waals surface area contributed by atoms with Gasteiger partial charge in [0.2, 0.25) is 5.91 Å². The van der Waals surface area contributed by atoms with Crippen molar-refractivity contribution in [3.8, 4) is 5.75 Å². The standard InChI is InChI=1S/C18H27NO3/c1-22-17-8-6-15(7-9-17)4-2-3-5-18(21)19-12-10-16(14-20)11-13-19/h6-9,16,20H,2-5,10-14H2,1H3. The predicted octanol–water partition coefficient (Wildman–Crippen LogP) is 2.64. The number of benzene rings is 1. The van der Waals surface area contributed by atoms with Crippen LogP contribution in [0.15, 0.2) is 24.3 Å². The van der Waals surface area contributed by atoms with Crippen LogP contribution in [0.2, 0.25) is 0 Å². The van der Waals surface area contributed by atoms with Gasteiger partial charge in [-0.3, -0.25) is 4.79 Å². The third kappa shape index (κ3) is 5.02. The van der Waals surface area contributed by atoms with Crippen molar-refractivity contribution >= 4 is 5.91 Å². The fourth-order valence-electron chi connectivity index (χ4n) is 2.92. The number of unbranched alkanes of at least 4 members (excludes halogenated alkanes) is 1. The first-order chi connectivity index (χ1) is 10.7. The number of carbonyl (C=O) groups excluding carboxylic acids is 1. The van der Waals surface area contributed by atoms with Crippen LogP contribution in [-0.2, 0) is 11.2 Å². The van der Waals surface area contributed by atoms with Crippen molar-refractivity contribution in [1.82, 2.24) is 4.90 Å². The number of aryl methyl sites for hydroxylation is 1. The number of ether oxygens (including phenoxy) is 1. The second-order valence-corrected chi connectivity index (χ2v) is 6.06. The highest BCUT2D eigenvalue weighted by molar-refractivity contribution is 5.76. The lowest BCUT2D eigenvalue weighted by atomic mass is 9.97. The Morgan fingerprint density at radius 3 is 2.50 bits per heavy atom. The van der Waals surface area contributed by atoms with Gasteiger partial charge in [0, 0.05) is 26.1 Å². The Morgan fingerprint density at radius 2 is 1.91 bits per heavy atom. The van der Waals surface area contributed by atoms with E-state index in [0.717, 1.165) is 50.9 Å². The Bertz CT molecular complexity index is 450. The molecule has 0 unspecified atom stereocenters. The highest BCUT2D eigenvalue weighted by Gasteiger charge is 2.21. The van der Waals surface area contributed by atoms with Gasteiger partial charge in [0.25, 0.3) is 0 Å². The average molecular weight is 305 g/mol. The Balaban J connectivity index is 1.62. The molecule has 0 radical (unpaired) electrons. The number of methoxy groups -OCH3 is 1. The summed E-state index contributed by atoms with van der Waals surface area (Å²) in [7, 11) is 1.67. The number of rotatable bonds is 7. The molecule has 1 aromatic carbocycles. The van der Waals surface area contributed by atoms with E-state index >= 15 is 0 Å². The maximum absolute atomic E-state index is 12.1. The van der Waals surface area contributed by atoms with E-state index in [0.29, 0.717) is 12.3 Å². The normalized spacial score (nSPS) is 15.8. The van der Waals surface area contributed by atoms with Crippen molar-refractivity contribution in [2.75, 3.05) is 26.8 Å². The van der Waals surface area contributed by atoms with Crippen LogP contribution in [0.1, 0.15) is 37.7 Å². The van der Waals surface area contributed by atoms with E-state index in [2.05, 4.69) is 12.1 Å². The fraction of sp³-hybridized carbons (Fsp3) is 0.611. The van der Waals surface area contributed by atoms with Gasteiger partial charge in [0.05, 0.1) is 7.11 Å². The molecule has 0 aliphatic carbocycles. The molecule has 1 aliphatic heterocycles. The van der Waals surface area contributed by atoms with Crippen molar-refractivity contribution in [2.24, 2.45) is 5.92 Å². The van der Waals surface area contributed by atoms with Gasteiger partial charge < -0.3 is 14.7 Å². The Labute approximate surface area is 133 Å². The molecule has 122 valence electrons. The summed E-state index contributed by atoms with van der Waals surface area (Å²) in [6.07, 6.45) is 5.49. The number of aliphatic hydroxyl groups excluding tert-OH is 1. The van der Waals surface area contributed by atoms with Gasteiger partial charge in [-0.1, -0.05) is 12.1 Å². The molecular formula is C18H27NO3. The molecule has 1 saturated heterocycles. The third-order valence-corrected chi connectivity index (χ3v) is 4.49. The Hall–Kier alpha value is -1.55. The molecule has 0 spiro atoms. The number of aliphatic hydroxyl groups is 1. The zero-order valence-electron chi connectivity index (χ0n) is 13.5. The average Bonchev–Trinajstić information content (AvgIpc) is 2.59. The highest BCUT2D eigenvalue weighted by atomic mass is 16.5. The van der Waals surface area contributed by atoms with Gasteiger partial charge in [-0.2, -0.15) is 0 Å². The van der Waals surface area contributed by atoms with Crippen LogP contribution in [0, 0.1) is 5.92 Å². The first-order valence-corrected chi connectivity index (χ1v) is 8.24. The third-order valence-electron chi connectivity index (χ3n) is 4.49. The lowest BCUT2D eigenvalue weighted by Gasteiger charge is -2.31. The summed E-state index contributed by atoms with van der Waals surface area (Å²) in [5.41, 5.74) is 1.29. The monoisotopic (exact) mass is 305 g/mol. The number of nitrogens with zero attached hydrogens (tertiary/aromatic N) is 1. The SMILES string of the molecule is COc1ccc(CCCCC(=O)N2CCC(CO)CC2)cc1. The van der Waals surface area contributed by atoms with Crippen LogP contribution in [0.4, 0.5) is 0 Å². The molecule has 1 heterocycles. The number of amides is 1. The maximum Gasteiger partial charge on any atom is 0.222 e. The van der Waals surface area contributed by atoms with Crippen molar-refractivity contribution in [3.05, 3.63) is 29.8 Å². The molecule has 1 aliphatic rings. The maximum atomic E-state index is 12.1. The molecule has 2 rings (SSSR count). The minimum atomic E-state index is 0.254. The van der Waals surface area contributed by atoms with Crippen LogP contribution >= 0.6 is 0 Å². The number of carbonyl (C=O) groups is 1. The molecule has 1 N–H and O–H groups in total. The van der Waals surface area contributed by atoms with Gasteiger partial charge in [0.15, 0.2) is 0 Å². The van der Waals surface area contributed by atoms with Crippen LogP contribution in [-0.4, -0.2) is 42.7 Å². The fourth-order valence-corrected chi connectivity index (χ4v) is 2.92. The molecule has 1 fully saturated rings. The van der Waals surface area contributed by atoms with Crippen molar-refractivity contribution in [2.45, 2.75) is 38.5 Å². The van der Waals surface area contributed by atoms with E-state index in [-0.39, 0.29) is 12.5 Å².